The molecular weight excluding hydrogens is 304 g/mol. The molecule has 0 aliphatic heterocycles. The van der Waals surface area contributed by atoms with Gasteiger partial charge >= 0.3 is 0 Å². The average Bonchev–Trinajstić information content (AvgIpc) is 2.63. The van der Waals surface area contributed by atoms with E-state index in [2.05, 4.69) is 87.5 Å². The first-order valence-corrected chi connectivity index (χ1v) is 8.97. The van der Waals surface area contributed by atoms with E-state index >= 15 is 0 Å². The molecule has 0 saturated heterocycles. The van der Waals surface area contributed by atoms with E-state index in [1.54, 1.807) is 0 Å². The van der Waals surface area contributed by atoms with Crippen LogP contribution in [-0.4, -0.2) is 0 Å². The first-order valence-electron chi connectivity index (χ1n) is 8.97. The molecule has 25 heavy (non-hydrogen) atoms. The zero-order valence-electron chi connectivity index (χ0n) is 15.3. The average molecular weight is 330 g/mol. The van der Waals surface area contributed by atoms with Gasteiger partial charge in [0, 0.05) is 0 Å². The van der Waals surface area contributed by atoms with Crippen molar-refractivity contribution in [3.05, 3.63) is 101 Å². The molecule has 0 unspecified atom stereocenters. The second-order valence-electron chi connectivity index (χ2n) is 6.91. The molecule has 128 valence electrons. The Bertz CT molecular complexity index is 804. The summed E-state index contributed by atoms with van der Waals surface area (Å²) in [4.78, 5) is 0. The second-order valence-corrected chi connectivity index (χ2v) is 6.91. The molecular formula is C24H26O. The van der Waals surface area contributed by atoms with Crippen molar-refractivity contribution in [2.45, 2.75) is 39.7 Å². The Hall–Kier alpha value is -2.54. The lowest BCUT2D eigenvalue weighted by molar-refractivity contribution is 0.301. The Balaban J connectivity index is 1.87. The third-order valence-corrected chi connectivity index (χ3v) is 4.56. The summed E-state index contributed by atoms with van der Waals surface area (Å²) >= 11 is 0. The quantitative estimate of drug-likeness (QED) is 0.516. The van der Waals surface area contributed by atoms with Crippen LogP contribution in [0.3, 0.4) is 0 Å². The van der Waals surface area contributed by atoms with Gasteiger partial charge in [-0.2, -0.15) is 0 Å². The van der Waals surface area contributed by atoms with Crippen LogP contribution in [0.15, 0.2) is 72.8 Å². The van der Waals surface area contributed by atoms with E-state index in [0.717, 1.165) is 12.2 Å². The third kappa shape index (κ3) is 4.51. The standard InChI is InChI=1S/C24H26O/c1-18(2)23-14-19(3)22(15-20-10-6-4-7-11-20)16-24(23)25-17-21-12-8-5-9-13-21/h4-14,16,18H,15,17H2,1-3H3. The Morgan fingerprint density at radius 2 is 1.40 bits per heavy atom. The minimum absolute atomic E-state index is 0.440. The van der Waals surface area contributed by atoms with E-state index in [-0.39, 0.29) is 0 Å². The fourth-order valence-electron chi connectivity index (χ4n) is 3.07. The summed E-state index contributed by atoms with van der Waals surface area (Å²) < 4.78 is 6.22. The maximum atomic E-state index is 6.22. The normalized spacial score (nSPS) is 10.9. The molecule has 3 rings (SSSR count). The minimum Gasteiger partial charge on any atom is -0.489 e. The van der Waals surface area contributed by atoms with Crippen LogP contribution in [0.5, 0.6) is 5.75 Å². The minimum atomic E-state index is 0.440. The highest BCUT2D eigenvalue weighted by Gasteiger charge is 2.12. The first-order chi connectivity index (χ1) is 12.1. The molecule has 0 spiro atoms. The summed E-state index contributed by atoms with van der Waals surface area (Å²) in [6.07, 6.45) is 0.937. The van der Waals surface area contributed by atoms with E-state index < -0.39 is 0 Å². The van der Waals surface area contributed by atoms with E-state index in [1.807, 2.05) is 6.07 Å². The monoisotopic (exact) mass is 330 g/mol. The molecule has 3 aromatic carbocycles. The van der Waals surface area contributed by atoms with Crippen LogP contribution in [0, 0.1) is 6.92 Å². The van der Waals surface area contributed by atoms with Crippen LogP contribution in [-0.2, 0) is 13.0 Å². The SMILES string of the molecule is Cc1cc(C(C)C)c(OCc2ccccc2)cc1Cc1ccccc1. The van der Waals surface area contributed by atoms with Gasteiger partial charge in [-0.1, -0.05) is 80.6 Å². The molecule has 0 aromatic heterocycles. The van der Waals surface area contributed by atoms with Gasteiger partial charge < -0.3 is 4.74 Å². The van der Waals surface area contributed by atoms with Crippen molar-refractivity contribution >= 4 is 0 Å². The topological polar surface area (TPSA) is 9.23 Å². The van der Waals surface area contributed by atoms with Gasteiger partial charge in [0.1, 0.15) is 12.4 Å². The Labute approximate surface area is 151 Å². The molecule has 0 heterocycles. The number of ether oxygens (including phenoxy) is 1. The van der Waals surface area contributed by atoms with Crippen molar-refractivity contribution in [3.63, 3.8) is 0 Å². The highest BCUT2D eigenvalue weighted by atomic mass is 16.5. The fraction of sp³-hybridized carbons (Fsp3) is 0.250. The first kappa shape index (κ1) is 17.3. The van der Waals surface area contributed by atoms with Crippen molar-refractivity contribution in [2.24, 2.45) is 0 Å². The van der Waals surface area contributed by atoms with Crippen molar-refractivity contribution < 1.29 is 4.74 Å². The molecule has 0 fully saturated rings. The summed E-state index contributed by atoms with van der Waals surface area (Å²) in [6, 6.07) is 25.5. The van der Waals surface area contributed by atoms with Gasteiger partial charge in [0.05, 0.1) is 0 Å². The zero-order chi connectivity index (χ0) is 17.6. The largest absolute Gasteiger partial charge is 0.489 e. The lowest BCUT2D eigenvalue weighted by Gasteiger charge is -2.18. The van der Waals surface area contributed by atoms with Gasteiger partial charge in [-0.3, -0.25) is 0 Å². The van der Waals surface area contributed by atoms with Crippen LogP contribution in [0.4, 0.5) is 0 Å². The summed E-state index contributed by atoms with van der Waals surface area (Å²) in [5.74, 6) is 1.45. The maximum absolute atomic E-state index is 6.22. The van der Waals surface area contributed by atoms with Crippen LogP contribution in [0.1, 0.15) is 47.6 Å². The van der Waals surface area contributed by atoms with Gasteiger partial charge in [0.15, 0.2) is 0 Å². The lowest BCUT2D eigenvalue weighted by Crippen LogP contribution is -2.03. The Morgan fingerprint density at radius 1 is 0.800 bits per heavy atom. The summed E-state index contributed by atoms with van der Waals surface area (Å²) in [5, 5.41) is 0. The molecule has 0 atom stereocenters. The molecule has 0 radical (unpaired) electrons. The van der Waals surface area contributed by atoms with Crippen LogP contribution >= 0.6 is 0 Å². The predicted molar refractivity (Wildman–Crippen MR) is 105 cm³/mol. The molecule has 0 aliphatic rings. The van der Waals surface area contributed by atoms with Crippen molar-refractivity contribution in [3.8, 4) is 5.75 Å². The van der Waals surface area contributed by atoms with E-state index in [9.17, 15) is 0 Å². The lowest BCUT2D eigenvalue weighted by atomic mass is 9.93. The number of hydrogen-bond acceptors (Lipinski definition) is 1. The highest BCUT2D eigenvalue weighted by molar-refractivity contribution is 5.45. The number of aryl methyl sites for hydroxylation is 1. The third-order valence-electron chi connectivity index (χ3n) is 4.56. The zero-order valence-corrected chi connectivity index (χ0v) is 15.3. The number of benzene rings is 3. The van der Waals surface area contributed by atoms with Gasteiger partial charge in [0.2, 0.25) is 0 Å². The maximum Gasteiger partial charge on any atom is 0.123 e. The van der Waals surface area contributed by atoms with Gasteiger partial charge in [-0.05, 0) is 53.1 Å². The summed E-state index contributed by atoms with van der Waals surface area (Å²) in [7, 11) is 0. The molecule has 1 nitrogen and oxygen atoms in total. The predicted octanol–water partition coefficient (Wildman–Crippen LogP) is 6.29. The summed E-state index contributed by atoms with van der Waals surface area (Å²) in [6.45, 7) is 7.25. The van der Waals surface area contributed by atoms with Crippen LogP contribution < -0.4 is 4.74 Å². The molecule has 0 saturated carbocycles. The fourth-order valence-corrected chi connectivity index (χ4v) is 3.07. The van der Waals surface area contributed by atoms with Gasteiger partial charge in [0.25, 0.3) is 0 Å². The molecule has 1 heteroatoms. The van der Waals surface area contributed by atoms with Crippen molar-refractivity contribution in [2.75, 3.05) is 0 Å². The van der Waals surface area contributed by atoms with Crippen LogP contribution in [0.2, 0.25) is 0 Å². The Kier molecular flexibility index (Phi) is 5.55. The van der Waals surface area contributed by atoms with Crippen molar-refractivity contribution in [1.82, 2.24) is 0 Å². The smallest absolute Gasteiger partial charge is 0.123 e. The molecule has 3 aromatic rings. The van der Waals surface area contributed by atoms with E-state index in [1.165, 1.54) is 27.8 Å². The number of rotatable bonds is 6. The van der Waals surface area contributed by atoms with Crippen molar-refractivity contribution in [1.29, 1.82) is 0 Å². The molecule has 0 amide bonds. The van der Waals surface area contributed by atoms with E-state index in [0.29, 0.717) is 12.5 Å². The molecule has 0 aliphatic carbocycles. The second kappa shape index (κ2) is 8.02. The molecule has 0 bridgehead atoms. The molecule has 0 N–H and O–H groups in total. The van der Waals surface area contributed by atoms with Crippen LogP contribution in [0.25, 0.3) is 0 Å². The summed E-state index contributed by atoms with van der Waals surface area (Å²) in [5.41, 5.74) is 6.47. The van der Waals surface area contributed by atoms with Gasteiger partial charge in [-0.15, -0.1) is 0 Å². The Morgan fingerprint density at radius 3 is 2.00 bits per heavy atom. The van der Waals surface area contributed by atoms with Gasteiger partial charge in [-0.25, -0.2) is 0 Å². The van der Waals surface area contributed by atoms with E-state index in [4.69, 9.17) is 4.74 Å². The number of hydrogen-bond donors (Lipinski definition) is 0. The highest BCUT2D eigenvalue weighted by Crippen LogP contribution is 2.31.